The van der Waals surface area contributed by atoms with Gasteiger partial charge in [-0.3, -0.25) is 0 Å². The quantitative estimate of drug-likeness (QED) is 0.128. The van der Waals surface area contributed by atoms with Crippen LogP contribution in [0.25, 0.3) is 88.5 Å². The van der Waals surface area contributed by atoms with Crippen LogP contribution in [0.4, 0.5) is 22.7 Å². The Bertz CT molecular complexity index is 4950. The van der Waals surface area contributed by atoms with Crippen LogP contribution in [0.3, 0.4) is 0 Å². The molecule has 0 saturated heterocycles. The molecule has 0 amide bonds. The van der Waals surface area contributed by atoms with E-state index in [1.54, 1.807) is 0 Å². The molecule has 1 aliphatic carbocycles. The van der Waals surface area contributed by atoms with E-state index < -0.39 is 5.41 Å². The average molecular weight is 1280 g/mol. The monoisotopic (exact) mass is 1280 g/mol. The van der Waals surface area contributed by atoms with Gasteiger partial charge in [0, 0.05) is 88.9 Å². The summed E-state index contributed by atoms with van der Waals surface area (Å²) in [7, 11) is 0. The molecule has 0 spiro atoms. The van der Waals surface area contributed by atoms with Crippen LogP contribution < -0.4 is 14.5 Å². The van der Waals surface area contributed by atoms with E-state index >= 15 is 0 Å². The summed E-state index contributed by atoms with van der Waals surface area (Å²) >= 11 is 0. The first-order chi connectivity index (χ1) is 42.2. The second-order valence-corrected chi connectivity index (χ2v) is 21.9. The predicted molar refractivity (Wildman–Crippen MR) is 347 cm³/mol. The molecule has 3 aromatic heterocycles. The van der Waals surface area contributed by atoms with Crippen LogP contribution in [0.5, 0.6) is 11.5 Å². The molecule has 12 aromatic carbocycles. The molecule has 0 atom stereocenters. The molecule has 1 aliphatic heterocycles. The predicted octanol–water partition coefficient (Wildman–Crippen LogP) is 19.8. The smallest absolute Gasteiger partial charge is 0.135 e. The Morgan fingerprint density at radius 3 is 1.52 bits per heavy atom. The fraction of sp³-hybridized carbons (Fsp3) is 0.0127. The van der Waals surface area contributed by atoms with Crippen LogP contribution in [0, 0.1) is 18.8 Å². The third-order valence-corrected chi connectivity index (χ3v) is 17.3. The Kier molecular flexibility index (Phi) is 12.3. The molecular weight excluding hydrogens is 1230 g/mol. The Morgan fingerprint density at radius 2 is 0.895 bits per heavy atom. The third kappa shape index (κ3) is 7.94. The number of pyridine rings is 1. The van der Waals surface area contributed by atoms with E-state index in [4.69, 9.17) is 9.72 Å². The average Bonchev–Trinajstić information content (AvgIpc) is 1.57. The summed E-state index contributed by atoms with van der Waals surface area (Å²) in [5.41, 5.74) is 20.4. The SMILES string of the molecule is [Pt].[c-]1c(Oc2[c-]c3c(cc2)c2ccccc2n3-c2cc(C3(c4ccccc4)c4ccccc4-c4ccccc43)ccn2)cccc1N1[CH-]N(c2c(-c3ccccc3)cc(-n3c4ccccc4c4ccccc43)cc2-c2ccccc2)c2ccccc21. The minimum Gasteiger partial charge on any atom is -0.509 e. The number of anilines is 4. The van der Waals surface area contributed by atoms with Crippen molar-refractivity contribution in [1.82, 2.24) is 14.1 Å². The van der Waals surface area contributed by atoms with Gasteiger partial charge in [0.2, 0.25) is 0 Å². The minimum absolute atomic E-state index is 0. The maximum atomic E-state index is 6.89. The number of fused-ring (bicyclic) bond motifs is 10. The van der Waals surface area contributed by atoms with Crippen LogP contribution in [0.2, 0.25) is 0 Å². The van der Waals surface area contributed by atoms with Gasteiger partial charge >= 0.3 is 0 Å². The summed E-state index contributed by atoms with van der Waals surface area (Å²) < 4.78 is 11.5. The van der Waals surface area contributed by atoms with E-state index in [2.05, 4.69) is 311 Å². The van der Waals surface area contributed by atoms with Gasteiger partial charge < -0.3 is 23.7 Å². The van der Waals surface area contributed by atoms with Gasteiger partial charge in [0.1, 0.15) is 5.82 Å². The minimum atomic E-state index is -0.582. The summed E-state index contributed by atoms with van der Waals surface area (Å²) in [6, 6.07) is 112. The van der Waals surface area contributed by atoms with Crippen LogP contribution >= 0.6 is 0 Å². The van der Waals surface area contributed by atoms with Crippen molar-refractivity contribution in [2.75, 3.05) is 9.80 Å². The van der Waals surface area contributed by atoms with Crippen molar-refractivity contribution in [3.8, 4) is 56.4 Å². The van der Waals surface area contributed by atoms with Crippen LogP contribution in [-0.4, -0.2) is 14.1 Å². The normalized spacial score (nSPS) is 13.0. The van der Waals surface area contributed by atoms with E-state index in [0.29, 0.717) is 11.5 Å². The maximum Gasteiger partial charge on any atom is 0.135 e. The molecule has 410 valence electrons. The third-order valence-electron chi connectivity index (χ3n) is 17.3. The Labute approximate surface area is 513 Å². The van der Waals surface area contributed by atoms with Gasteiger partial charge in [0.15, 0.2) is 0 Å². The molecule has 15 aromatic rings. The number of ether oxygens (including phenoxy) is 1. The van der Waals surface area contributed by atoms with E-state index in [-0.39, 0.29) is 21.1 Å². The van der Waals surface area contributed by atoms with Crippen LogP contribution in [0.15, 0.2) is 297 Å². The molecule has 86 heavy (non-hydrogen) atoms. The van der Waals surface area contributed by atoms with Crippen molar-refractivity contribution in [2.24, 2.45) is 0 Å². The zero-order chi connectivity index (χ0) is 56.0. The summed E-state index contributed by atoms with van der Waals surface area (Å²) in [6.45, 7) is 2.21. The van der Waals surface area contributed by atoms with E-state index in [9.17, 15) is 0 Å². The molecule has 17 rings (SSSR count). The summed E-state index contributed by atoms with van der Waals surface area (Å²) in [6.07, 6.45) is 1.96. The molecule has 0 unspecified atom stereocenters. The molecule has 0 radical (unpaired) electrons. The number of rotatable bonds is 10. The van der Waals surface area contributed by atoms with Crippen molar-refractivity contribution in [2.45, 2.75) is 5.41 Å². The van der Waals surface area contributed by atoms with Crippen LogP contribution in [-0.2, 0) is 26.5 Å². The molecule has 0 saturated carbocycles. The molecule has 2 aliphatic rings. The van der Waals surface area contributed by atoms with Gasteiger partial charge in [-0.25, -0.2) is 4.98 Å². The Balaban J connectivity index is 0.00000600. The van der Waals surface area contributed by atoms with Crippen molar-refractivity contribution < 1.29 is 25.8 Å². The molecular formula is C79H50N5OPt-3. The zero-order valence-electron chi connectivity index (χ0n) is 46.3. The summed E-state index contributed by atoms with van der Waals surface area (Å²) in [4.78, 5) is 9.75. The standard InChI is InChI=1S/C79H50N5O.Pt/c1-4-23-53(24-5-1)67-49-58(83-71-38-17-12-33-63(71)64-34-13-18-39-72(64)83)50-68(54-25-6-2-7-26-54)78(67)82-52-81(74-41-20-21-42-75(74)82)57-29-22-30-59(48-57)85-60-43-44-66-65-35-14-19-40-73(65)84(76(66)51-60)77-47-56(45-46-80-77)79(55-27-8-3-9-28-55)69-36-15-10-31-61(69)62-32-11-16-37-70(62)79;/h1-47,49-50,52H;/q-3;. The molecule has 6 nitrogen and oxygen atoms in total. The van der Waals surface area contributed by atoms with Crippen LogP contribution in [0.1, 0.15) is 22.3 Å². The van der Waals surface area contributed by atoms with Gasteiger partial charge in [-0.1, -0.05) is 212 Å². The van der Waals surface area contributed by atoms with Crippen molar-refractivity contribution in [1.29, 1.82) is 0 Å². The zero-order valence-corrected chi connectivity index (χ0v) is 48.6. The van der Waals surface area contributed by atoms with E-state index in [1.807, 2.05) is 24.4 Å². The summed E-state index contributed by atoms with van der Waals surface area (Å²) in [5.74, 6) is 1.92. The van der Waals surface area contributed by atoms with Gasteiger partial charge in [-0.15, -0.1) is 48.1 Å². The summed E-state index contributed by atoms with van der Waals surface area (Å²) in [5, 5.41) is 4.61. The first-order valence-corrected chi connectivity index (χ1v) is 28.8. The van der Waals surface area contributed by atoms with E-state index in [1.165, 1.54) is 38.6 Å². The largest absolute Gasteiger partial charge is 0.509 e. The number of benzene rings is 12. The molecule has 4 heterocycles. The number of aromatic nitrogens is 3. The molecule has 0 bridgehead atoms. The number of para-hydroxylation sites is 5. The fourth-order valence-corrected chi connectivity index (χ4v) is 13.8. The van der Waals surface area contributed by atoms with Crippen molar-refractivity contribution in [3.05, 3.63) is 338 Å². The van der Waals surface area contributed by atoms with Crippen molar-refractivity contribution in [3.63, 3.8) is 0 Å². The topological polar surface area (TPSA) is 38.5 Å². The number of hydrogen-bond acceptors (Lipinski definition) is 4. The fourth-order valence-electron chi connectivity index (χ4n) is 13.8. The van der Waals surface area contributed by atoms with Gasteiger partial charge in [0.05, 0.1) is 16.4 Å². The van der Waals surface area contributed by atoms with Gasteiger partial charge in [-0.2, -0.15) is 12.1 Å². The molecule has 0 N–H and O–H groups in total. The Morgan fingerprint density at radius 1 is 0.384 bits per heavy atom. The van der Waals surface area contributed by atoms with Gasteiger partial charge in [-0.05, 0) is 104 Å². The second kappa shape index (κ2) is 20.7. The Hall–Kier alpha value is -10.5. The first kappa shape index (κ1) is 51.1. The van der Waals surface area contributed by atoms with Crippen molar-refractivity contribution >= 4 is 66.4 Å². The number of hydrogen-bond donors (Lipinski definition) is 0. The van der Waals surface area contributed by atoms with E-state index in [0.717, 1.165) is 94.9 Å². The molecule has 7 heteroatoms. The number of nitrogens with zero attached hydrogens (tertiary/aromatic N) is 5. The maximum absolute atomic E-state index is 6.89. The second-order valence-electron chi connectivity index (χ2n) is 21.9. The first-order valence-electron chi connectivity index (χ1n) is 28.8. The molecule has 0 fully saturated rings. The van der Waals surface area contributed by atoms with Gasteiger partial charge in [0.25, 0.3) is 0 Å².